The Labute approximate surface area is 161 Å². The van der Waals surface area contributed by atoms with E-state index < -0.39 is 5.60 Å². The van der Waals surface area contributed by atoms with Gasteiger partial charge in [0.05, 0.1) is 5.02 Å². The topological polar surface area (TPSA) is 54.5 Å². The summed E-state index contributed by atoms with van der Waals surface area (Å²) in [6, 6.07) is 4.28. The van der Waals surface area contributed by atoms with Crippen LogP contribution in [0.5, 0.6) is 0 Å². The Morgan fingerprint density at radius 2 is 2.00 bits per heavy atom. The molecule has 0 radical (unpaired) electrons. The molecule has 2 heterocycles. The maximum absolute atomic E-state index is 12.2. The molecule has 2 aliphatic rings. The Kier molecular flexibility index (Phi) is 5.96. The van der Waals surface area contributed by atoms with E-state index in [-0.39, 0.29) is 6.09 Å². The molecule has 3 rings (SSSR count). The zero-order valence-electron chi connectivity index (χ0n) is 16.0. The van der Waals surface area contributed by atoms with Crippen LogP contribution in [0, 0.1) is 11.8 Å². The Balaban J connectivity index is 1.49. The number of nitrogens with one attached hydrogen (secondary N) is 1. The van der Waals surface area contributed by atoms with E-state index in [0.29, 0.717) is 17.0 Å². The minimum Gasteiger partial charge on any atom is -0.444 e. The first kappa shape index (κ1) is 19.3. The van der Waals surface area contributed by atoms with E-state index >= 15 is 0 Å². The van der Waals surface area contributed by atoms with Crippen LogP contribution in [0.4, 0.5) is 10.6 Å². The number of carbonyl (C=O) groups excluding carboxylic acids is 1. The molecule has 26 heavy (non-hydrogen) atoms. The lowest BCUT2D eigenvalue weighted by Gasteiger charge is -2.35. The molecule has 1 atom stereocenters. The van der Waals surface area contributed by atoms with Crippen LogP contribution in [0.1, 0.15) is 52.9 Å². The first-order chi connectivity index (χ1) is 12.3. The summed E-state index contributed by atoms with van der Waals surface area (Å²) < 4.78 is 5.49. The van der Waals surface area contributed by atoms with Crippen LogP contribution >= 0.6 is 11.6 Å². The number of hydrogen-bond acceptors (Lipinski definition) is 4. The van der Waals surface area contributed by atoms with E-state index in [1.165, 1.54) is 12.8 Å². The Morgan fingerprint density at radius 1 is 1.31 bits per heavy atom. The second-order valence-electron chi connectivity index (χ2n) is 8.60. The third-order valence-corrected chi connectivity index (χ3v) is 5.33. The third kappa shape index (κ3) is 5.76. The number of likely N-dealkylation sites (tertiary alicyclic amines) is 1. The number of aromatic nitrogens is 1. The highest BCUT2D eigenvalue weighted by molar-refractivity contribution is 6.30. The van der Waals surface area contributed by atoms with Gasteiger partial charge in [-0.15, -0.1) is 0 Å². The number of piperidine rings is 1. The fraction of sp³-hybridized carbons (Fsp3) is 0.700. The Bertz CT molecular complexity index is 602. The number of ether oxygens (including phenoxy) is 1. The van der Waals surface area contributed by atoms with E-state index in [9.17, 15) is 4.79 Å². The minimum atomic E-state index is -0.430. The molecule has 5 nitrogen and oxygen atoms in total. The van der Waals surface area contributed by atoms with Crippen molar-refractivity contribution in [1.82, 2.24) is 9.88 Å². The molecule has 0 aromatic carbocycles. The van der Waals surface area contributed by atoms with Crippen LogP contribution in [-0.4, -0.2) is 40.7 Å². The summed E-state index contributed by atoms with van der Waals surface area (Å²) >= 11 is 5.93. The molecule has 1 aromatic rings. The molecule has 1 aliphatic carbocycles. The summed E-state index contributed by atoms with van der Waals surface area (Å²) in [4.78, 5) is 18.4. The second-order valence-corrected chi connectivity index (χ2v) is 9.03. The summed E-state index contributed by atoms with van der Waals surface area (Å²) in [5.74, 6) is 2.29. The van der Waals surface area contributed by atoms with E-state index in [1.54, 1.807) is 6.20 Å². The monoisotopic (exact) mass is 379 g/mol. The van der Waals surface area contributed by atoms with Gasteiger partial charge in [0.2, 0.25) is 0 Å². The van der Waals surface area contributed by atoms with Gasteiger partial charge in [-0.25, -0.2) is 9.78 Å². The molecule has 1 unspecified atom stereocenters. The molecular weight excluding hydrogens is 350 g/mol. The summed E-state index contributed by atoms with van der Waals surface area (Å²) in [6.07, 6.45) is 7.31. The summed E-state index contributed by atoms with van der Waals surface area (Å²) in [5, 5.41) is 4.27. The van der Waals surface area contributed by atoms with Crippen molar-refractivity contribution in [3.63, 3.8) is 0 Å². The smallest absolute Gasteiger partial charge is 0.410 e. The molecule has 1 amide bonds. The van der Waals surface area contributed by atoms with Gasteiger partial charge < -0.3 is 15.0 Å². The first-order valence-corrected chi connectivity index (χ1v) is 10.0. The van der Waals surface area contributed by atoms with Crippen molar-refractivity contribution in [3.05, 3.63) is 23.4 Å². The average Bonchev–Trinajstić information content (AvgIpc) is 3.40. The van der Waals surface area contributed by atoms with Crippen molar-refractivity contribution in [3.8, 4) is 0 Å². The minimum absolute atomic E-state index is 0.182. The summed E-state index contributed by atoms with van der Waals surface area (Å²) in [5.41, 5.74) is -0.430. The van der Waals surface area contributed by atoms with Gasteiger partial charge in [0, 0.05) is 25.3 Å². The van der Waals surface area contributed by atoms with Gasteiger partial charge in [-0.3, -0.25) is 0 Å². The zero-order chi connectivity index (χ0) is 18.7. The van der Waals surface area contributed by atoms with Gasteiger partial charge in [0.25, 0.3) is 0 Å². The number of halogens is 1. The van der Waals surface area contributed by atoms with Gasteiger partial charge in [-0.05, 0) is 76.8 Å². The molecule has 0 bridgehead atoms. The number of carbonyl (C=O) groups is 1. The van der Waals surface area contributed by atoms with Crippen LogP contribution in [-0.2, 0) is 4.74 Å². The quantitative estimate of drug-likeness (QED) is 0.785. The number of hydrogen-bond donors (Lipinski definition) is 1. The molecule has 1 aromatic heterocycles. The lowest BCUT2D eigenvalue weighted by molar-refractivity contribution is 0.0179. The van der Waals surface area contributed by atoms with Gasteiger partial charge in [-0.1, -0.05) is 11.6 Å². The lowest BCUT2D eigenvalue weighted by Crippen LogP contribution is -2.42. The van der Waals surface area contributed by atoms with Crippen molar-refractivity contribution in [2.75, 3.05) is 18.4 Å². The number of nitrogens with zero attached hydrogens (tertiary/aromatic N) is 2. The highest BCUT2D eigenvalue weighted by Crippen LogP contribution is 2.38. The van der Waals surface area contributed by atoms with Crippen molar-refractivity contribution in [1.29, 1.82) is 0 Å². The number of anilines is 1. The molecule has 0 spiro atoms. The van der Waals surface area contributed by atoms with E-state index in [4.69, 9.17) is 16.3 Å². The van der Waals surface area contributed by atoms with E-state index in [2.05, 4.69) is 10.3 Å². The maximum atomic E-state index is 12.2. The van der Waals surface area contributed by atoms with Gasteiger partial charge in [0.15, 0.2) is 0 Å². The van der Waals surface area contributed by atoms with E-state index in [0.717, 1.165) is 44.1 Å². The van der Waals surface area contributed by atoms with Crippen LogP contribution in [0.25, 0.3) is 0 Å². The number of pyridine rings is 1. The van der Waals surface area contributed by atoms with E-state index in [1.807, 2.05) is 37.8 Å². The maximum Gasteiger partial charge on any atom is 0.410 e. The number of rotatable bonds is 5. The molecular formula is C20H30ClN3O2. The second kappa shape index (κ2) is 8.03. The van der Waals surface area contributed by atoms with Gasteiger partial charge >= 0.3 is 6.09 Å². The molecule has 1 N–H and O–H groups in total. The molecule has 2 fully saturated rings. The van der Waals surface area contributed by atoms with Crippen molar-refractivity contribution in [2.24, 2.45) is 11.8 Å². The van der Waals surface area contributed by atoms with Gasteiger partial charge in [0.1, 0.15) is 11.4 Å². The predicted molar refractivity (Wildman–Crippen MR) is 105 cm³/mol. The highest BCUT2D eigenvalue weighted by atomic mass is 35.5. The highest BCUT2D eigenvalue weighted by Gasteiger charge is 2.35. The van der Waals surface area contributed by atoms with Crippen molar-refractivity contribution >= 4 is 23.5 Å². The third-order valence-electron chi connectivity index (χ3n) is 5.11. The molecule has 6 heteroatoms. The molecule has 1 aliphatic heterocycles. The molecule has 144 valence electrons. The first-order valence-electron chi connectivity index (χ1n) is 9.66. The van der Waals surface area contributed by atoms with Crippen LogP contribution in [0.3, 0.4) is 0 Å². The Morgan fingerprint density at radius 3 is 2.54 bits per heavy atom. The lowest BCUT2D eigenvalue weighted by atomic mass is 9.88. The van der Waals surface area contributed by atoms with Crippen LogP contribution in [0.2, 0.25) is 5.02 Å². The molecule has 1 saturated carbocycles. The average molecular weight is 380 g/mol. The van der Waals surface area contributed by atoms with Crippen molar-refractivity contribution < 1.29 is 9.53 Å². The molecule has 1 saturated heterocycles. The zero-order valence-corrected chi connectivity index (χ0v) is 16.8. The predicted octanol–water partition coefficient (Wildman–Crippen LogP) is 4.96. The van der Waals surface area contributed by atoms with Crippen LogP contribution in [0.15, 0.2) is 18.3 Å². The normalized spacial score (nSPS) is 19.9. The summed E-state index contributed by atoms with van der Waals surface area (Å²) in [6.45, 7) is 7.31. The SMILES string of the molecule is CC(C)(C)OC(=O)N1CCC(CC(Nc2ccc(Cl)cn2)C2CC2)CC1. The van der Waals surface area contributed by atoms with Crippen molar-refractivity contribution in [2.45, 2.75) is 64.5 Å². The van der Waals surface area contributed by atoms with Gasteiger partial charge in [-0.2, -0.15) is 0 Å². The fourth-order valence-corrected chi connectivity index (χ4v) is 3.67. The van der Waals surface area contributed by atoms with Crippen LogP contribution < -0.4 is 5.32 Å². The Hall–Kier alpha value is -1.49. The largest absolute Gasteiger partial charge is 0.444 e. The number of amides is 1. The summed E-state index contributed by atoms with van der Waals surface area (Å²) in [7, 11) is 0. The fourth-order valence-electron chi connectivity index (χ4n) is 3.56. The standard InChI is InChI=1S/C20H30ClN3O2/c1-20(2,3)26-19(25)24-10-8-14(9-11-24)12-17(15-4-5-15)23-18-7-6-16(21)13-22-18/h6-7,13-15,17H,4-5,8-12H2,1-3H3,(H,22,23).